The second kappa shape index (κ2) is 9.00. The standard InChI is InChI=1S/C17H23ClN4O/c1-11(2)16(21-10-13-7-5-6-8-14(13)18)22-17(23)15(20-4)12(3)9-19/h5-9,21H,10,19H2,1-4H3,(H,22,23). The quantitative estimate of drug-likeness (QED) is 0.700. The Bertz CT molecular complexity index is 658. The largest absolute Gasteiger partial charge is 0.404 e. The molecule has 0 fully saturated rings. The predicted octanol–water partition coefficient (Wildman–Crippen LogP) is 2.73. The van der Waals surface area contributed by atoms with Crippen molar-refractivity contribution in [3.05, 3.63) is 58.0 Å². The molecule has 0 spiro atoms. The van der Waals surface area contributed by atoms with Gasteiger partial charge in [0.1, 0.15) is 11.5 Å². The van der Waals surface area contributed by atoms with E-state index in [1.807, 2.05) is 38.1 Å². The topological polar surface area (TPSA) is 79.5 Å². The van der Waals surface area contributed by atoms with Crippen molar-refractivity contribution in [2.75, 3.05) is 7.05 Å². The number of nitrogens with one attached hydrogen (secondary N) is 2. The minimum absolute atomic E-state index is 0.297. The van der Waals surface area contributed by atoms with Crippen LogP contribution in [0.2, 0.25) is 5.02 Å². The molecule has 1 aromatic rings. The van der Waals surface area contributed by atoms with Gasteiger partial charge in [-0.3, -0.25) is 9.79 Å². The van der Waals surface area contributed by atoms with Crippen molar-refractivity contribution in [3.8, 4) is 0 Å². The van der Waals surface area contributed by atoms with Crippen LogP contribution in [0.5, 0.6) is 0 Å². The Morgan fingerprint density at radius 3 is 2.48 bits per heavy atom. The summed E-state index contributed by atoms with van der Waals surface area (Å²) >= 11 is 6.14. The maximum Gasteiger partial charge on any atom is 0.275 e. The number of rotatable bonds is 6. The van der Waals surface area contributed by atoms with E-state index in [1.165, 1.54) is 6.20 Å². The Balaban J connectivity index is 2.84. The lowest BCUT2D eigenvalue weighted by molar-refractivity contribution is -0.114. The van der Waals surface area contributed by atoms with Gasteiger partial charge >= 0.3 is 0 Å². The molecule has 1 rings (SSSR count). The van der Waals surface area contributed by atoms with E-state index < -0.39 is 0 Å². The molecule has 0 aromatic heterocycles. The fraction of sp³-hybridized carbons (Fsp3) is 0.294. The second-order valence-corrected chi connectivity index (χ2v) is 5.60. The molecule has 5 nitrogen and oxygen atoms in total. The van der Waals surface area contributed by atoms with Crippen LogP contribution in [-0.4, -0.2) is 18.7 Å². The van der Waals surface area contributed by atoms with Gasteiger partial charge in [-0.2, -0.15) is 0 Å². The number of halogens is 1. The van der Waals surface area contributed by atoms with Gasteiger partial charge < -0.3 is 16.4 Å². The molecule has 0 bridgehead atoms. The van der Waals surface area contributed by atoms with Gasteiger partial charge in [0, 0.05) is 18.6 Å². The summed E-state index contributed by atoms with van der Waals surface area (Å²) in [6.07, 6.45) is 1.36. The first-order valence-corrected chi connectivity index (χ1v) is 7.60. The molecule has 124 valence electrons. The van der Waals surface area contributed by atoms with Crippen molar-refractivity contribution < 1.29 is 4.79 Å². The number of hydrogen-bond donors (Lipinski definition) is 3. The van der Waals surface area contributed by atoms with E-state index in [0.29, 0.717) is 28.7 Å². The van der Waals surface area contributed by atoms with Gasteiger partial charge in [0.15, 0.2) is 0 Å². The lowest BCUT2D eigenvalue weighted by Crippen LogP contribution is -2.37. The van der Waals surface area contributed by atoms with Crippen LogP contribution in [-0.2, 0) is 11.3 Å². The first-order valence-electron chi connectivity index (χ1n) is 7.22. The fourth-order valence-electron chi connectivity index (χ4n) is 1.88. The second-order valence-electron chi connectivity index (χ2n) is 5.20. The highest BCUT2D eigenvalue weighted by Gasteiger charge is 2.14. The molecule has 0 saturated heterocycles. The van der Waals surface area contributed by atoms with Gasteiger partial charge in [0.05, 0.1) is 0 Å². The summed E-state index contributed by atoms with van der Waals surface area (Å²) in [6.45, 7) is 6.05. The number of nitrogens with two attached hydrogens (primary N) is 1. The van der Waals surface area contributed by atoms with Gasteiger partial charge in [0.25, 0.3) is 5.91 Å². The van der Waals surface area contributed by atoms with Crippen molar-refractivity contribution in [2.45, 2.75) is 27.3 Å². The molecule has 4 N–H and O–H groups in total. The number of benzene rings is 1. The molecule has 0 aliphatic heterocycles. The van der Waals surface area contributed by atoms with E-state index in [0.717, 1.165) is 11.1 Å². The molecule has 0 atom stereocenters. The minimum Gasteiger partial charge on any atom is -0.404 e. The lowest BCUT2D eigenvalue weighted by Gasteiger charge is -2.16. The number of amides is 1. The van der Waals surface area contributed by atoms with Crippen molar-refractivity contribution in [1.82, 2.24) is 10.6 Å². The summed E-state index contributed by atoms with van der Waals surface area (Å²) in [5, 5.41) is 6.71. The van der Waals surface area contributed by atoms with E-state index in [9.17, 15) is 4.79 Å². The van der Waals surface area contributed by atoms with Crippen LogP contribution < -0.4 is 16.4 Å². The molecule has 0 heterocycles. The monoisotopic (exact) mass is 334 g/mol. The molecular weight excluding hydrogens is 312 g/mol. The Morgan fingerprint density at radius 2 is 1.96 bits per heavy atom. The van der Waals surface area contributed by atoms with Gasteiger partial charge in [-0.1, -0.05) is 29.8 Å². The molecule has 0 saturated carbocycles. The maximum absolute atomic E-state index is 12.3. The van der Waals surface area contributed by atoms with Crippen molar-refractivity contribution in [2.24, 2.45) is 10.7 Å². The van der Waals surface area contributed by atoms with E-state index in [-0.39, 0.29) is 5.91 Å². The van der Waals surface area contributed by atoms with E-state index in [4.69, 9.17) is 17.3 Å². The summed E-state index contributed by atoms with van der Waals surface area (Å²) in [4.78, 5) is 16.3. The minimum atomic E-state index is -0.311. The molecule has 0 radical (unpaired) electrons. The van der Waals surface area contributed by atoms with Crippen LogP contribution in [0.15, 0.2) is 52.4 Å². The Hall–Kier alpha value is -2.27. The van der Waals surface area contributed by atoms with E-state index >= 15 is 0 Å². The van der Waals surface area contributed by atoms with Crippen LogP contribution in [0.25, 0.3) is 0 Å². The van der Waals surface area contributed by atoms with Gasteiger partial charge in [-0.25, -0.2) is 0 Å². The third-order valence-corrected chi connectivity index (χ3v) is 3.58. The number of carbonyl (C=O) groups is 1. The average Bonchev–Trinajstić information content (AvgIpc) is 2.52. The SMILES string of the molecule is CN=C(C(=O)NC(NCc1ccccc1Cl)=C(C)C)C(C)=CN. The van der Waals surface area contributed by atoms with Crippen molar-refractivity contribution in [1.29, 1.82) is 0 Å². The molecule has 23 heavy (non-hydrogen) atoms. The van der Waals surface area contributed by atoms with Gasteiger partial charge in [-0.05, 0) is 49.7 Å². The van der Waals surface area contributed by atoms with Crippen LogP contribution >= 0.6 is 11.6 Å². The molecule has 0 unspecified atom stereocenters. The van der Waals surface area contributed by atoms with Crippen LogP contribution in [0, 0.1) is 0 Å². The predicted molar refractivity (Wildman–Crippen MR) is 96.1 cm³/mol. The van der Waals surface area contributed by atoms with E-state index in [2.05, 4.69) is 15.6 Å². The zero-order chi connectivity index (χ0) is 17.4. The molecule has 1 amide bonds. The smallest absolute Gasteiger partial charge is 0.275 e. The van der Waals surface area contributed by atoms with Gasteiger partial charge in [0.2, 0.25) is 0 Å². The Morgan fingerprint density at radius 1 is 1.30 bits per heavy atom. The summed E-state index contributed by atoms with van der Waals surface area (Å²) in [5.41, 5.74) is 8.26. The summed E-state index contributed by atoms with van der Waals surface area (Å²) in [5.74, 6) is 0.315. The van der Waals surface area contributed by atoms with Crippen molar-refractivity contribution >= 4 is 23.2 Å². The summed E-state index contributed by atoms with van der Waals surface area (Å²) < 4.78 is 0. The summed E-state index contributed by atoms with van der Waals surface area (Å²) in [6, 6.07) is 7.55. The number of aliphatic imine (C=N–C) groups is 1. The van der Waals surface area contributed by atoms with Crippen LogP contribution in [0.1, 0.15) is 26.3 Å². The fourth-order valence-corrected chi connectivity index (χ4v) is 2.08. The average molecular weight is 335 g/mol. The maximum atomic E-state index is 12.3. The third-order valence-electron chi connectivity index (χ3n) is 3.21. The first kappa shape index (κ1) is 18.8. The Kier molecular flexibility index (Phi) is 7.35. The van der Waals surface area contributed by atoms with Gasteiger partial charge in [-0.15, -0.1) is 0 Å². The lowest BCUT2D eigenvalue weighted by atomic mass is 10.2. The van der Waals surface area contributed by atoms with Crippen LogP contribution in [0.3, 0.4) is 0 Å². The normalized spacial score (nSPS) is 11.9. The molecule has 0 aliphatic carbocycles. The number of carbonyl (C=O) groups excluding carboxylic acids is 1. The molecule has 0 aliphatic rings. The highest BCUT2D eigenvalue weighted by atomic mass is 35.5. The summed E-state index contributed by atoms with van der Waals surface area (Å²) in [7, 11) is 1.56. The van der Waals surface area contributed by atoms with Crippen LogP contribution in [0.4, 0.5) is 0 Å². The molecular formula is C17H23ClN4O. The Labute approximate surface area is 142 Å². The third kappa shape index (κ3) is 5.45. The molecule has 6 heteroatoms. The van der Waals surface area contributed by atoms with E-state index in [1.54, 1.807) is 14.0 Å². The highest BCUT2D eigenvalue weighted by Crippen LogP contribution is 2.15. The highest BCUT2D eigenvalue weighted by molar-refractivity contribution is 6.45. The van der Waals surface area contributed by atoms with Crippen molar-refractivity contribution in [3.63, 3.8) is 0 Å². The number of hydrogen-bond acceptors (Lipinski definition) is 4. The zero-order valence-corrected chi connectivity index (χ0v) is 14.7. The molecule has 1 aromatic carbocycles. The number of allylic oxidation sites excluding steroid dienone is 1. The first-order chi connectivity index (χ1) is 10.9. The zero-order valence-electron chi connectivity index (χ0n) is 13.9. The number of nitrogens with zero attached hydrogens (tertiary/aromatic N) is 1.